The van der Waals surface area contributed by atoms with Crippen LogP contribution in [0.3, 0.4) is 0 Å². The Morgan fingerprint density at radius 1 is 1.32 bits per heavy atom. The number of pyridine rings is 1. The minimum absolute atomic E-state index is 0.0817. The molecule has 7 heteroatoms. The lowest BCUT2D eigenvalue weighted by atomic mass is 10.2. The zero-order chi connectivity index (χ0) is 17.8. The summed E-state index contributed by atoms with van der Waals surface area (Å²) in [6, 6.07) is 10.7. The Hall–Kier alpha value is -2.93. The largest absolute Gasteiger partial charge is 0.497 e. The molecule has 0 atom stereocenters. The van der Waals surface area contributed by atoms with Crippen molar-refractivity contribution in [2.45, 2.75) is 13.5 Å². The Morgan fingerprint density at radius 2 is 2.16 bits per heavy atom. The number of aromatic nitrogens is 2. The number of anilines is 1. The maximum Gasteiger partial charge on any atom is 0.263 e. The summed E-state index contributed by atoms with van der Waals surface area (Å²) >= 11 is 1.32. The molecule has 0 radical (unpaired) electrons. The van der Waals surface area contributed by atoms with Gasteiger partial charge in [0.2, 0.25) is 0 Å². The summed E-state index contributed by atoms with van der Waals surface area (Å²) in [6.45, 7) is 2.20. The number of ether oxygens (including phenoxy) is 1. The Labute approximate surface area is 148 Å². The number of methoxy groups -OCH3 is 1. The van der Waals surface area contributed by atoms with Crippen LogP contribution in [-0.2, 0) is 6.54 Å². The molecule has 3 rings (SSSR count). The first kappa shape index (κ1) is 16.9. The first-order chi connectivity index (χ1) is 12.1. The number of thiazole rings is 1. The molecule has 25 heavy (non-hydrogen) atoms. The zero-order valence-corrected chi connectivity index (χ0v) is 14.7. The van der Waals surface area contributed by atoms with Gasteiger partial charge in [0.15, 0.2) is 5.13 Å². The monoisotopic (exact) mass is 355 g/mol. The van der Waals surface area contributed by atoms with Crippen molar-refractivity contribution in [2.24, 2.45) is 0 Å². The molecule has 0 aliphatic rings. The molecule has 1 amide bonds. The number of carbonyl (C=O) groups is 1. The maximum absolute atomic E-state index is 12.6. The highest BCUT2D eigenvalue weighted by molar-refractivity contribution is 7.13. The van der Waals surface area contributed by atoms with Crippen molar-refractivity contribution < 1.29 is 9.53 Å². The zero-order valence-electron chi connectivity index (χ0n) is 13.9. The summed E-state index contributed by atoms with van der Waals surface area (Å²) in [5.41, 5.74) is 1.47. The van der Waals surface area contributed by atoms with Crippen LogP contribution in [0.2, 0.25) is 0 Å². The number of hydrogen-bond acceptors (Lipinski definition) is 5. The lowest BCUT2D eigenvalue weighted by Gasteiger charge is -2.09. The lowest BCUT2D eigenvalue weighted by Crippen LogP contribution is -2.29. The molecule has 128 valence electrons. The molecule has 6 nitrogen and oxygen atoms in total. The van der Waals surface area contributed by atoms with E-state index in [1.54, 1.807) is 19.4 Å². The molecule has 0 aliphatic heterocycles. The number of nitrogens with zero attached hydrogens (tertiary/aromatic N) is 2. The van der Waals surface area contributed by atoms with Crippen LogP contribution in [0.25, 0.3) is 0 Å². The van der Waals surface area contributed by atoms with Crippen LogP contribution >= 0.6 is 11.3 Å². The fourth-order valence-corrected chi connectivity index (χ4v) is 3.06. The quantitative estimate of drug-likeness (QED) is 0.764. The predicted octanol–water partition coefficient (Wildman–Crippen LogP) is 2.92. The lowest BCUT2D eigenvalue weighted by molar-refractivity contribution is 0.102. The van der Waals surface area contributed by atoms with Crippen LogP contribution in [-0.4, -0.2) is 22.6 Å². The van der Waals surface area contributed by atoms with E-state index in [0.29, 0.717) is 11.7 Å². The number of hydrogen-bond donors (Lipinski definition) is 1. The predicted molar refractivity (Wildman–Crippen MR) is 97.6 cm³/mol. The highest BCUT2D eigenvalue weighted by Crippen LogP contribution is 2.15. The Kier molecular flexibility index (Phi) is 4.95. The van der Waals surface area contributed by atoms with E-state index in [1.165, 1.54) is 22.0 Å². The Balaban J connectivity index is 1.84. The van der Waals surface area contributed by atoms with E-state index in [9.17, 15) is 9.59 Å². The van der Waals surface area contributed by atoms with Crippen LogP contribution in [0, 0.1) is 6.92 Å². The van der Waals surface area contributed by atoms with E-state index in [1.807, 2.05) is 36.6 Å². The number of rotatable bonds is 5. The minimum Gasteiger partial charge on any atom is -0.497 e. The average molecular weight is 355 g/mol. The molecule has 0 aliphatic carbocycles. The van der Waals surface area contributed by atoms with Crippen LogP contribution < -0.4 is 15.6 Å². The molecule has 0 unspecified atom stereocenters. The van der Waals surface area contributed by atoms with Crippen molar-refractivity contribution in [3.8, 4) is 5.75 Å². The van der Waals surface area contributed by atoms with Crippen LogP contribution in [0.15, 0.2) is 52.8 Å². The smallest absolute Gasteiger partial charge is 0.263 e. The number of benzene rings is 1. The van der Waals surface area contributed by atoms with Crippen molar-refractivity contribution in [3.63, 3.8) is 0 Å². The third kappa shape index (κ3) is 3.95. The Morgan fingerprint density at radius 3 is 2.88 bits per heavy atom. The summed E-state index contributed by atoms with van der Waals surface area (Å²) in [7, 11) is 1.59. The van der Waals surface area contributed by atoms with E-state index < -0.39 is 5.91 Å². The average Bonchev–Trinajstić information content (AvgIpc) is 3.01. The van der Waals surface area contributed by atoms with Gasteiger partial charge in [-0.25, -0.2) is 4.98 Å². The number of carbonyl (C=O) groups excluding carboxylic acids is 1. The van der Waals surface area contributed by atoms with Gasteiger partial charge in [0.1, 0.15) is 11.3 Å². The second kappa shape index (κ2) is 7.31. The molecule has 2 heterocycles. The maximum atomic E-state index is 12.6. The number of aryl methyl sites for hydroxylation is 1. The van der Waals surface area contributed by atoms with Gasteiger partial charge in [0.25, 0.3) is 11.5 Å². The molecule has 0 spiro atoms. The molecule has 0 saturated carbocycles. The second-order valence-electron chi connectivity index (χ2n) is 5.45. The van der Waals surface area contributed by atoms with E-state index >= 15 is 0 Å². The standard InChI is InChI=1S/C18H17N3O3S/c1-12-11-25-18(19-12)20-16(22)15-7-4-8-21(17(15)23)10-13-5-3-6-14(9-13)24-2/h3-9,11H,10H2,1-2H3,(H,19,20,22). The third-order valence-electron chi connectivity index (χ3n) is 3.59. The third-order valence-corrected chi connectivity index (χ3v) is 4.47. The molecule has 0 saturated heterocycles. The van der Waals surface area contributed by atoms with Gasteiger partial charge in [-0.3, -0.25) is 14.9 Å². The summed E-state index contributed by atoms with van der Waals surface area (Å²) in [6.07, 6.45) is 1.66. The Bertz CT molecular complexity index is 962. The van der Waals surface area contributed by atoms with Gasteiger partial charge in [-0.1, -0.05) is 12.1 Å². The van der Waals surface area contributed by atoms with Gasteiger partial charge < -0.3 is 9.30 Å². The molecule has 3 aromatic rings. The van der Waals surface area contributed by atoms with E-state index in [2.05, 4.69) is 10.3 Å². The molecule has 2 aromatic heterocycles. The van der Waals surface area contributed by atoms with E-state index in [4.69, 9.17) is 4.74 Å². The van der Waals surface area contributed by atoms with E-state index in [-0.39, 0.29) is 11.1 Å². The topological polar surface area (TPSA) is 73.2 Å². The van der Waals surface area contributed by atoms with Gasteiger partial charge in [0.05, 0.1) is 19.3 Å². The highest BCUT2D eigenvalue weighted by Gasteiger charge is 2.14. The van der Waals surface area contributed by atoms with Crippen molar-refractivity contribution >= 4 is 22.4 Å². The summed E-state index contributed by atoms with van der Waals surface area (Å²) in [5.74, 6) is 0.262. The fraction of sp³-hybridized carbons (Fsp3) is 0.167. The number of amides is 1. The van der Waals surface area contributed by atoms with Crippen molar-refractivity contribution in [3.05, 3.63) is 75.1 Å². The summed E-state index contributed by atoms with van der Waals surface area (Å²) < 4.78 is 6.69. The van der Waals surface area contributed by atoms with Gasteiger partial charge in [0, 0.05) is 11.6 Å². The second-order valence-corrected chi connectivity index (χ2v) is 6.31. The van der Waals surface area contributed by atoms with E-state index in [0.717, 1.165) is 17.0 Å². The number of nitrogens with one attached hydrogen (secondary N) is 1. The first-order valence-electron chi connectivity index (χ1n) is 7.62. The van der Waals surface area contributed by atoms with Crippen molar-refractivity contribution in [1.82, 2.24) is 9.55 Å². The van der Waals surface area contributed by atoms with Gasteiger partial charge in [-0.05, 0) is 36.8 Å². The van der Waals surface area contributed by atoms with Crippen LogP contribution in [0.4, 0.5) is 5.13 Å². The SMILES string of the molecule is COc1cccc(Cn2cccc(C(=O)Nc3nc(C)cs3)c2=O)c1. The van der Waals surface area contributed by atoms with Gasteiger partial charge in [-0.15, -0.1) is 11.3 Å². The minimum atomic E-state index is -0.459. The summed E-state index contributed by atoms with van der Waals surface area (Å²) in [4.78, 5) is 29.2. The molecule has 1 aromatic carbocycles. The molecule has 1 N–H and O–H groups in total. The van der Waals surface area contributed by atoms with Gasteiger partial charge >= 0.3 is 0 Å². The van der Waals surface area contributed by atoms with Crippen LogP contribution in [0.5, 0.6) is 5.75 Å². The molecular weight excluding hydrogens is 338 g/mol. The van der Waals surface area contributed by atoms with Crippen molar-refractivity contribution in [1.29, 1.82) is 0 Å². The summed E-state index contributed by atoms with van der Waals surface area (Å²) in [5, 5.41) is 4.98. The van der Waals surface area contributed by atoms with Gasteiger partial charge in [-0.2, -0.15) is 0 Å². The normalized spacial score (nSPS) is 10.5. The van der Waals surface area contributed by atoms with Crippen molar-refractivity contribution in [2.75, 3.05) is 12.4 Å². The highest BCUT2D eigenvalue weighted by atomic mass is 32.1. The first-order valence-corrected chi connectivity index (χ1v) is 8.50. The molecule has 0 bridgehead atoms. The van der Waals surface area contributed by atoms with Crippen LogP contribution in [0.1, 0.15) is 21.6 Å². The molecule has 0 fully saturated rings. The molecular formula is C18H17N3O3S. The fourth-order valence-electron chi connectivity index (χ4n) is 2.38.